The van der Waals surface area contributed by atoms with Gasteiger partial charge in [0, 0.05) is 0 Å². The Bertz CT molecular complexity index is 448. The summed E-state index contributed by atoms with van der Waals surface area (Å²) < 4.78 is 36.5. The molecule has 0 aliphatic rings. The third kappa shape index (κ3) is 8.64. The smallest absolute Gasteiger partial charge is 0.475 e. The minimum absolute atomic E-state index is 0.337. The van der Waals surface area contributed by atoms with Gasteiger partial charge < -0.3 is 15.6 Å². The molecular weight excluding hydrogens is 291 g/mol. The van der Waals surface area contributed by atoms with Crippen LogP contribution in [0.5, 0.6) is 0 Å². The lowest BCUT2D eigenvalue weighted by molar-refractivity contribution is -0.192. The highest BCUT2D eigenvalue weighted by Crippen LogP contribution is 2.13. The Kier molecular flexibility index (Phi) is 8.07. The number of alkyl halides is 3. The predicted octanol–water partition coefficient (Wildman–Crippen LogP) is 1.75. The number of carbonyl (C=O) groups is 2. The van der Waals surface area contributed by atoms with E-state index in [2.05, 4.69) is 0 Å². The molecule has 5 nitrogen and oxygen atoms in total. The molecule has 0 bridgehead atoms. The van der Waals surface area contributed by atoms with Crippen molar-refractivity contribution in [3.8, 4) is 0 Å². The minimum Gasteiger partial charge on any atom is -0.475 e. The zero-order chi connectivity index (χ0) is 16.5. The van der Waals surface area contributed by atoms with E-state index in [4.69, 9.17) is 20.4 Å². The second-order valence-corrected chi connectivity index (χ2v) is 3.85. The van der Waals surface area contributed by atoms with E-state index in [0.717, 1.165) is 5.56 Å². The second-order valence-electron chi connectivity index (χ2n) is 3.85. The van der Waals surface area contributed by atoms with Gasteiger partial charge in [0.1, 0.15) is 6.04 Å². The van der Waals surface area contributed by atoms with Gasteiger partial charge in [-0.25, -0.2) is 4.79 Å². The van der Waals surface area contributed by atoms with Crippen LogP contribution in [0, 0.1) is 0 Å². The number of halogens is 3. The van der Waals surface area contributed by atoms with E-state index in [0.29, 0.717) is 13.0 Å². The minimum atomic E-state index is -5.08. The summed E-state index contributed by atoms with van der Waals surface area (Å²) in [7, 11) is 0. The summed E-state index contributed by atoms with van der Waals surface area (Å²) >= 11 is 0. The van der Waals surface area contributed by atoms with Gasteiger partial charge in [0.05, 0.1) is 6.61 Å². The number of carboxylic acid groups (broad SMARTS) is 1. The molecule has 21 heavy (non-hydrogen) atoms. The average molecular weight is 307 g/mol. The molecule has 1 atom stereocenters. The van der Waals surface area contributed by atoms with Crippen molar-refractivity contribution in [2.24, 2.45) is 5.73 Å². The Balaban J connectivity index is 0.000000486. The molecule has 3 N–H and O–H groups in total. The number of benzene rings is 1. The van der Waals surface area contributed by atoms with Crippen molar-refractivity contribution in [2.75, 3.05) is 6.61 Å². The topological polar surface area (TPSA) is 89.6 Å². The number of hydrogen-bond acceptors (Lipinski definition) is 4. The van der Waals surface area contributed by atoms with Gasteiger partial charge in [0.2, 0.25) is 0 Å². The van der Waals surface area contributed by atoms with Crippen LogP contribution < -0.4 is 5.73 Å². The van der Waals surface area contributed by atoms with Crippen molar-refractivity contribution in [2.45, 2.75) is 25.6 Å². The van der Waals surface area contributed by atoms with Crippen LogP contribution in [0.1, 0.15) is 12.5 Å². The molecule has 0 aliphatic heterocycles. The highest BCUT2D eigenvalue weighted by Gasteiger charge is 2.38. The average Bonchev–Trinajstić information content (AvgIpc) is 2.39. The van der Waals surface area contributed by atoms with Gasteiger partial charge in [-0.3, -0.25) is 4.79 Å². The number of rotatable bonds is 4. The Morgan fingerprint density at radius 3 is 2.14 bits per heavy atom. The fourth-order valence-corrected chi connectivity index (χ4v) is 1.20. The van der Waals surface area contributed by atoms with Gasteiger partial charge in [-0.15, -0.1) is 0 Å². The highest BCUT2D eigenvalue weighted by molar-refractivity contribution is 5.75. The largest absolute Gasteiger partial charge is 0.490 e. The first-order valence-corrected chi connectivity index (χ1v) is 5.94. The lowest BCUT2D eigenvalue weighted by Gasteiger charge is -2.09. The van der Waals surface area contributed by atoms with E-state index in [1.807, 2.05) is 30.3 Å². The van der Waals surface area contributed by atoms with Gasteiger partial charge in [0.25, 0.3) is 0 Å². The van der Waals surface area contributed by atoms with Crippen LogP contribution in [0.2, 0.25) is 0 Å². The lowest BCUT2D eigenvalue weighted by atomic mass is 10.1. The summed E-state index contributed by atoms with van der Waals surface area (Å²) in [6, 6.07) is 9.11. The molecule has 0 aliphatic carbocycles. The molecular formula is C13H16F3NO4. The van der Waals surface area contributed by atoms with Crippen LogP contribution in [0.3, 0.4) is 0 Å². The number of esters is 1. The summed E-state index contributed by atoms with van der Waals surface area (Å²) in [4.78, 5) is 20.1. The number of nitrogens with two attached hydrogens (primary N) is 1. The van der Waals surface area contributed by atoms with Crippen LogP contribution in [0.25, 0.3) is 0 Å². The van der Waals surface area contributed by atoms with Gasteiger partial charge in [-0.05, 0) is 18.9 Å². The van der Waals surface area contributed by atoms with Crippen molar-refractivity contribution in [1.82, 2.24) is 0 Å². The zero-order valence-electron chi connectivity index (χ0n) is 11.3. The molecule has 1 aromatic rings. The summed E-state index contributed by atoms with van der Waals surface area (Å²) in [5.74, 6) is -3.09. The molecule has 1 rings (SSSR count). The molecule has 0 heterocycles. The summed E-state index contributed by atoms with van der Waals surface area (Å²) in [6.45, 7) is 2.15. The first kappa shape index (κ1) is 18.9. The van der Waals surface area contributed by atoms with Crippen LogP contribution in [-0.2, 0) is 20.7 Å². The maximum absolute atomic E-state index is 11.2. The molecule has 0 spiro atoms. The van der Waals surface area contributed by atoms with Crippen molar-refractivity contribution in [3.05, 3.63) is 35.9 Å². The van der Waals surface area contributed by atoms with Crippen LogP contribution in [0.4, 0.5) is 13.2 Å². The molecule has 1 aromatic carbocycles. The standard InChI is InChI=1S/C11H15NO2.C2HF3O2/c1-2-14-11(13)10(12)8-9-6-4-3-5-7-9;3-2(4,5)1(6)7/h3-7,10H,2,8,12H2,1H3;(H,6,7). The normalized spacial score (nSPS) is 11.9. The number of aliphatic carboxylic acids is 1. The molecule has 0 saturated heterocycles. The van der Waals surface area contributed by atoms with Gasteiger partial charge >= 0.3 is 18.1 Å². The van der Waals surface area contributed by atoms with Gasteiger partial charge in [0.15, 0.2) is 0 Å². The molecule has 0 fully saturated rings. The Labute approximate surface area is 119 Å². The van der Waals surface area contributed by atoms with Crippen LogP contribution >= 0.6 is 0 Å². The first-order valence-electron chi connectivity index (χ1n) is 5.94. The third-order valence-corrected chi connectivity index (χ3v) is 2.13. The quantitative estimate of drug-likeness (QED) is 0.827. The van der Waals surface area contributed by atoms with Crippen molar-refractivity contribution >= 4 is 11.9 Å². The maximum Gasteiger partial charge on any atom is 0.490 e. The van der Waals surface area contributed by atoms with E-state index >= 15 is 0 Å². The van der Waals surface area contributed by atoms with E-state index in [-0.39, 0.29) is 5.97 Å². The number of carbonyl (C=O) groups excluding carboxylic acids is 1. The Morgan fingerprint density at radius 1 is 1.29 bits per heavy atom. The lowest BCUT2D eigenvalue weighted by Crippen LogP contribution is -2.34. The molecule has 8 heteroatoms. The molecule has 1 unspecified atom stereocenters. The SMILES string of the molecule is CCOC(=O)C(N)Cc1ccccc1.O=C(O)C(F)(F)F. The van der Waals surface area contributed by atoms with Crippen LogP contribution in [-0.4, -0.2) is 35.9 Å². The summed E-state index contributed by atoms with van der Waals surface area (Å²) in [5, 5.41) is 7.12. The van der Waals surface area contributed by atoms with Crippen molar-refractivity contribution in [3.63, 3.8) is 0 Å². The van der Waals surface area contributed by atoms with Gasteiger partial charge in [-0.2, -0.15) is 13.2 Å². The first-order chi connectivity index (χ1) is 9.68. The van der Waals surface area contributed by atoms with E-state index < -0.39 is 18.2 Å². The summed E-state index contributed by atoms with van der Waals surface area (Å²) in [6.07, 6.45) is -4.56. The predicted molar refractivity (Wildman–Crippen MR) is 68.4 cm³/mol. The fraction of sp³-hybridized carbons (Fsp3) is 0.385. The fourth-order valence-electron chi connectivity index (χ4n) is 1.20. The monoisotopic (exact) mass is 307 g/mol. The number of hydrogen-bond donors (Lipinski definition) is 2. The Morgan fingerprint density at radius 2 is 1.76 bits per heavy atom. The van der Waals surface area contributed by atoms with Crippen molar-refractivity contribution < 1.29 is 32.6 Å². The van der Waals surface area contributed by atoms with E-state index in [1.165, 1.54) is 0 Å². The molecule has 118 valence electrons. The van der Waals surface area contributed by atoms with Crippen LogP contribution in [0.15, 0.2) is 30.3 Å². The number of ether oxygens (including phenoxy) is 1. The highest BCUT2D eigenvalue weighted by atomic mass is 19.4. The molecule has 0 amide bonds. The number of carboxylic acids is 1. The molecule has 0 saturated carbocycles. The zero-order valence-corrected chi connectivity index (χ0v) is 11.3. The molecule has 0 radical (unpaired) electrons. The third-order valence-electron chi connectivity index (χ3n) is 2.13. The van der Waals surface area contributed by atoms with E-state index in [1.54, 1.807) is 6.92 Å². The summed E-state index contributed by atoms with van der Waals surface area (Å²) in [5.41, 5.74) is 6.71. The van der Waals surface area contributed by atoms with E-state index in [9.17, 15) is 18.0 Å². The molecule has 0 aromatic heterocycles. The second kappa shape index (κ2) is 8.96. The van der Waals surface area contributed by atoms with Gasteiger partial charge in [-0.1, -0.05) is 30.3 Å². The maximum atomic E-state index is 11.2. The van der Waals surface area contributed by atoms with Crippen molar-refractivity contribution in [1.29, 1.82) is 0 Å². The Hall–Kier alpha value is -2.09.